The van der Waals surface area contributed by atoms with Crippen molar-refractivity contribution in [1.29, 1.82) is 5.26 Å². The van der Waals surface area contributed by atoms with Gasteiger partial charge in [-0.05, 0) is 12.1 Å². The zero-order chi connectivity index (χ0) is 14.3. The van der Waals surface area contributed by atoms with Gasteiger partial charge in [0.2, 0.25) is 0 Å². The Bertz CT molecular complexity index is 532. The Morgan fingerprint density at radius 3 is 2.53 bits per heavy atom. The molecule has 0 aliphatic heterocycles. The van der Waals surface area contributed by atoms with Gasteiger partial charge in [0.05, 0.1) is 14.2 Å². The van der Waals surface area contributed by atoms with Crippen LogP contribution in [0.15, 0.2) is 30.0 Å². The second-order valence-corrected chi connectivity index (χ2v) is 3.48. The van der Waals surface area contributed by atoms with Gasteiger partial charge in [-0.2, -0.15) is 5.26 Å². The molecule has 1 amide bonds. The highest BCUT2D eigenvalue weighted by Crippen LogP contribution is 2.29. The van der Waals surface area contributed by atoms with Gasteiger partial charge in [-0.25, -0.2) is 0 Å². The molecule has 100 valence electrons. The maximum Gasteiger partial charge on any atom is 0.267 e. The molecule has 0 heterocycles. The van der Waals surface area contributed by atoms with Crippen molar-refractivity contribution < 1.29 is 14.3 Å². The molecule has 0 saturated carbocycles. The largest absolute Gasteiger partial charge is 0.493 e. The Morgan fingerprint density at radius 1 is 1.32 bits per heavy atom. The molecular formula is C13H15N3O3. The third-order valence-corrected chi connectivity index (χ3v) is 2.30. The number of hydrogen-bond donors (Lipinski definition) is 2. The van der Waals surface area contributed by atoms with E-state index in [0.717, 1.165) is 0 Å². The van der Waals surface area contributed by atoms with Gasteiger partial charge in [-0.1, -0.05) is 0 Å². The molecular weight excluding hydrogens is 246 g/mol. The number of methoxy groups -OCH3 is 2. The van der Waals surface area contributed by atoms with Crippen LogP contribution in [0.2, 0.25) is 0 Å². The molecule has 0 aliphatic rings. The monoisotopic (exact) mass is 261 g/mol. The first-order chi connectivity index (χ1) is 9.15. The highest BCUT2D eigenvalue weighted by molar-refractivity contribution is 6.06. The number of carbonyl (C=O) groups excluding carboxylic acids is 1. The van der Waals surface area contributed by atoms with E-state index in [1.807, 2.05) is 0 Å². The standard InChI is InChI=1S/C13H15N3O3/c1-15-8-9(7-14)13(17)16-10-4-5-11(18-2)12(6-10)19-3/h4-6,8,15H,1-3H3,(H,16,17)/b9-8-. The average molecular weight is 261 g/mol. The van der Waals surface area contributed by atoms with Gasteiger partial charge in [0.15, 0.2) is 11.5 Å². The Labute approximate surface area is 111 Å². The number of nitrogens with one attached hydrogen (secondary N) is 2. The first kappa shape index (κ1) is 14.4. The Balaban J connectivity index is 2.92. The van der Waals surface area contributed by atoms with Crippen molar-refractivity contribution in [1.82, 2.24) is 5.32 Å². The van der Waals surface area contributed by atoms with Crippen molar-refractivity contribution in [3.05, 3.63) is 30.0 Å². The number of amides is 1. The summed E-state index contributed by atoms with van der Waals surface area (Å²) in [6.07, 6.45) is 1.33. The third-order valence-electron chi connectivity index (χ3n) is 2.30. The molecule has 0 fully saturated rings. The molecule has 1 aromatic rings. The highest BCUT2D eigenvalue weighted by atomic mass is 16.5. The topological polar surface area (TPSA) is 83.4 Å². The zero-order valence-corrected chi connectivity index (χ0v) is 11.0. The molecule has 0 aromatic heterocycles. The van der Waals surface area contributed by atoms with Gasteiger partial charge in [0, 0.05) is 25.0 Å². The van der Waals surface area contributed by atoms with E-state index in [-0.39, 0.29) is 5.57 Å². The fraction of sp³-hybridized carbons (Fsp3) is 0.231. The molecule has 1 aromatic carbocycles. The van der Waals surface area contributed by atoms with Crippen LogP contribution in [0.1, 0.15) is 0 Å². The quantitative estimate of drug-likeness (QED) is 0.616. The summed E-state index contributed by atoms with van der Waals surface area (Å²) in [5.74, 6) is 0.562. The normalized spacial score (nSPS) is 10.3. The summed E-state index contributed by atoms with van der Waals surface area (Å²) < 4.78 is 10.2. The lowest BCUT2D eigenvalue weighted by molar-refractivity contribution is -0.112. The van der Waals surface area contributed by atoms with E-state index in [9.17, 15) is 4.79 Å². The Morgan fingerprint density at radius 2 is 2.00 bits per heavy atom. The van der Waals surface area contributed by atoms with Crippen LogP contribution in [0.5, 0.6) is 11.5 Å². The number of anilines is 1. The summed E-state index contributed by atoms with van der Waals surface area (Å²) in [4.78, 5) is 11.8. The lowest BCUT2D eigenvalue weighted by Gasteiger charge is -2.10. The van der Waals surface area contributed by atoms with Crippen molar-refractivity contribution in [2.75, 3.05) is 26.6 Å². The molecule has 1 rings (SSSR count). The minimum Gasteiger partial charge on any atom is -0.493 e. The third kappa shape index (κ3) is 3.64. The molecule has 0 radical (unpaired) electrons. The van der Waals surface area contributed by atoms with Crippen LogP contribution in [0.3, 0.4) is 0 Å². The molecule has 0 saturated heterocycles. The Kier molecular flexibility index (Phi) is 5.23. The predicted octanol–water partition coefficient (Wildman–Crippen LogP) is 1.27. The molecule has 0 atom stereocenters. The lowest BCUT2D eigenvalue weighted by atomic mass is 10.2. The molecule has 0 spiro atoms. The van der Waals surface area contributed by atoms with Crippen LogP contribution in [0.4, 0.5) is 5.69 Å². The second-order valence-electron chi connectivity index (χ2n) is 3.48. The first-order valence-electron chi connectivity index (χ1n) is 5.47. The van der Waals surface area contributed by atoms with Crippen LogP contribution in [0, 0.1) is 11.3 Å². The van der Waals surface area contributed by atoms with E-state index in [2.05, 4.69) is 10.6 Å². The molecule has 2 N–H and O–H groups in total. The summed E-state index contributed by atoms with van der Waals surface area (Å²) in [7, 11) is 4.64. The van der Waals surface area contributed by atoms with Crippen LogP contribution >= 0.6 is 0 Å². The summed E-state index contributed by atoms with van der Waals surface area (Å²) in [5, 5.41) is 14.1. The SMILES string of the molecule is CN/C=C(/C#N)C(=O)Nc1ccc(OC)c(OC)c1. The summed E-state index contributed by atoms with van der Waals surface area (Å²) in [5.41, 5.74) is 0.497. The summed E-state index contributed by atoms with van der Waals surface area (Å²) in [6.45, 7) is 0. The number of nitriles is 1. The van der Waals surface area contributed by atoms with Gasteiger partial charge >= 0.3 is 0 Å². The van der Waals surface area contributed by atoms with Gasteiger partial charge in [0.25, 0.3) is 5.91 Å². The molecule has 19 heavy (non-hydrogen) atoms. The van der Waals surface area contributed by atoms with E-state index in [4.69, 9.17) is 14.7 Å². The number of ether oxygens (including phenoxy) is 2. The number of hydrogen-bond acceptors (Lipinski definition) is 5. The molecule has 0 unspecified atom stereocenters. The fourth-order valence-corrected chi connectivity index (χ4v) is 1.41. The van der Waals surface area contributed by atoms with Gasteiger partial charge in [-0.3, -0.25) is 4.79 Å². The first-order valence-corrected chi connectivity index (χ1v) is 5.47. The van der Waals surface area contributed by atoms with E-state index < -0.39 is 5.91 Å². The van der Waals surface area contributed by atoms with Crippen molar-refractivity contribution in [2.45, 2.75) is 0 Å². The molecule has 0 aliphatic carbocycles. The van der Waals surface area contributed by atoms with Gasteiger partial charge in [-0.15, -0.1) is 0 Å². The van der Waals surface area contributed by atoms with E-state index in [1.54, 1.807) is 31.3 Å². The Hall–Kier alpha value is -2.68. The predicted molar refractivity (Wildman–Crippen MR) is 70.9 cm³/mol. The highest BCUT2D eigenvalue weighted by Gasteiger charge is 2.11. The van der Waals surface area contributed by atoms with Crippen molar-refractivity contribution >= 4 is 11.6 Å². The maximum atomic E-state index is 11.8. The number of rotatable bonds is 5. The second kappa shape index (κ2) is 6.91. The van der Waals surface area contributed by atoms with Crippen molar-refractivity contribution in [3.8, 4) is 17.6 Å². The number of nitrogens with zero attached hydrogens (tertiary/aromatic N) is 1. The van der Waals surface area contributed by atoms with Crippen LogP contribution in [0.25, 0.3) is 0 Å². The summed E-state index contributed by atoms with van der Waals surface area (Å²) >= 11 is 0. The van der Waals surface area contributed by atoms with Crippen LogP contribution in [-0.4, -0.2) is 27.2 Å². The van der Waals surface area contributed by atoms with Crippen molar-refractivity contribution in [2.24, 2.45) is 0 Å². The van der Waals surface area contributed by atoms with E-state index in [1.165, 1.54) is 20.4 Å². The molecule has 6 nitrogen and oxygen atoms in total. The number of carbonyl (C=O) groups is 1. The summed E-state index contributed by atoms with van der Waals surface area (Å²) in [6, 6.07) is 6.75. The molecule has 0 bridgehead atoms. The van der Waals surface area contributed by atoms with Gasteiger partial charge in [0.1, 0.15) is 11.6 Å². The van der Waals surface area contributed by atoms with Crippen LogP contribution < -0.4 is 20.1 Å². The van der Waals surface area contributed by atoms with Crippen molar-refractivity contribution in [3.63, 3.8) is 0 Å². The number of benzene rings is 1. The minimum absolute atomic E-state index is 0.0164. The average Bonchev–Trinajstić information content (AvgIpc) is 2.44. The van der Waals surface area contributed by atoms with Gasteiger partial charge < -0.3 is 20.1 Å². The van der Waals surface area contributed by atoms with E-state index in [0.29, 0.717) is 17.2 Å². The molecule has 6 heteroatoms. The zero-order valence-electron chi connectivity index (χ0n) is 11.0. The maximum absolute atomic E-state index is 11.8. The van der Waals surface area contributed by atoms with E-state index >= 15 is 0 Å². The smallest absolute Gasteiger partial charge is 0.267 e. The fourth-order valence-electron chi connectivity index (χ4n) is 1.41. The lowest BCUT2D eigenvalue weighted by Crippen LogP contribution is -2.15. The minimum atomic E-state index is -0.496. The van der Waals surface area contributed by atoms with Crippen LogP contribution in [-0.2, 0) is 4.79 Å².